The Hall–Kier alpha value is -3.72. The van der Waals surface area contributed by atoms with Crippen molar-refractivity contribution in [3.8, 4) is 11.9 Å². The Morgan fingerprint density at radius 1 is 1.28 bits per heavy atom. The molecule has 2 heterocycles. The summed E-state index contributed by atoms with van der Waals surface area (Å²) in [5, 5.41) is 37.9. The molecule has 1 fully saturated rings. The molecule has 1 saturated heterocycles. The van der Waals surface area contributed by atoms with Gasteiger partial charge in [0.05, 0.1) is 36.3 Å². The normalized spacial score (nSPS) is 27.2. The van der Waals surface area contributed by atoms with Crippen molar-refractivity contribution in [2.24, 2.45) is 4.99 Å². The van der Waals surface area contributed by atoms with Crippen molar-refractivity contribution < 1.29 is 24.2 Å². The summed E-state index contributed by atoms with van der Waals surface area (Å²) >= 11 is 0. The van der Waals surface area contributed by atoms with E-state index in [1.807, 2.05) is 50.4 Å². The van der Waals surface area contributed by atoms with Crippen LogP contribution in [0, 0.1) is 21.6 Å². The fraction of sp³-hybridized carbons (Fsp3) is 0.440. The monoisotopic (exact) mass is 495 g/mol. The van der Waals surface area contributed by atoms with Gasteiger partial charge in [0.15, 0.2) is 11.8 Å². The van der Waals surface area contributed by atoms with Crippen molar-refractivity contribution in [1.82, 2.24) is 10.6 Å². The zero-order valence-electron chi connectivity index (χ0n) is 20.3. The van der Waals surface area contributed by atoms with Crippen molar-refractivity contribution in [1.29, 1.82) is 5.26 Å². The molecule has 0 aromatic heterocycles. The molecule has 2 aliphatic heterocycles. The minimum Gasteiger partial charge on any atom is -0.482 e. The standard InChI is InChI=1S/C25H29N5O6/c1-24(2)14-34-20(13-35-24)25(3)22(31)21(18-11-17(30(32)33)9-10-19(18)36-25)29-23(28-15-26)27-12-16-7-5-4-6-8-16/h4-11,20-22,31H,12-14H2,1-3H3,(H2,27,28,29). The van der Waals surface area contributed by atoms with Gasteiger partial charge in [-0.15, -0.1) is 0 Å². The number of fused-ring (bicyclic) bond motifs is 1. The lowest BCUT2D eigenvalue weighted by Gasteiger charge is -2.50. The van der Waals surface area contributed by atoms with Gasteiger partial charge in [-0.25, -0.2) is 4.99 Å². The van der Waals surface area contributed by atoms with Crippen LogP contribution in [0.5, 0.6) is 5.75 Å². The first-order valence-electron chi connectivity index (χ1n) is 11.5. The molecule has 2 aromatic rings. The number of ether oxygens (including phenoxy) is 3. The number of nitro groups is 1. The molecule has 0 bridgehead atoms. The molecular weight excluding hydrogens is 466 g/mol. The highest BCUT2D eigenvalue weighted by molar-refractivity contribution is 5.82. The maximum Gasteiger partial charge on any atom is 0.270 e. The van der Waals surface area contributed by atoms with Crippen LogP contribution in [-0.2, 0) is 16.0 Å². The van der Waals surface area contributed by atoms with Gasteiger partial charge in [-0.3, -0.25) is 15.4 Å². The van der Waals surface area contributed by atoms with E-state index < -0.39 is 34.4 Å². The fourth-order valence-corrected chi connectivity index (χ4v) is 4.30. The van der Waals surface area contributed by atoms with Crippen LogP contribution in [0.15, 0.2) is 53.5 Å². The molecule has 4 atom stereocenters. The number of benzene rings is 2. The summed E-state index contributed by atoms with van der Waals surface area (Å²) in [7, 11) is 0. The second-order valence-corrected chi connectivity index (χ2v) is 9.59. The van der Waals surface area contributed by atoms with Gasteiger partial charge in [-0.1, -0.05) is 30.3 Å². The highest BCUT2D eigenvalue weighted by atomic mass is 16.6. The average Bonchev–Trinajstić information content (AvgIpc) is 2.85. The summed E-state index contributed by atoms with van der Waals surface area (Å²) in [5.41, 5.74) is -0.626. The van der Waals surface area contributed by atoms with Crippen molar-refractivity contribution in [2.45, 2.75) is 56.8 Å². The average molecular weight is 496 g/mol. The maximum atomic E-state index is 11.6. The minimum atomic E-state index is -1.27. The van der Waals surface area contributed by atoms with Crippen LogP contribution in [0.2, 0.25) is 0 Å². The first-order chi connectivity index (χ1) is 17.1. The molecule has 0 spiro atoms. The van der Waals surface area contributed by atoms with E-state index in [4.69, 9.17) is 14.2 Å². The molecule has 4 rings (SSSR count). The van der Waals surface area contributed by atoms with Crippen molar-refractivity contribution in [3.63, 3.8) is 0 Å². The van der Waals surface area contributed by atoms with Gasteiger partial charge < -0.3 is 24.6 Å². The van der Waals surface area contributed by atoms with E-state index >= 15 is 0 Å². The smallest absolute Gasteiger partial charge is 0.270 e. The number of aliphatic imine (C=N–C) groups is 1. The number of nitrogens with one attached hydrogen (secondary N) is 2. The molecule has 4 unspecified atom stereocenters. The van der Waals surface area contributed by atoms with E-state index in [1.165, 1.54) is 18.2 Å². The topological polar surface area (TPSA) is 151 Å². The number of hydrogen-bond acceptors (Lipinski definition) is 8. The fourth-order valence-electron chi connectivity index (χ4n) is 4.30. The van der Waals surface area contributed by atoms with Crippen LogP contribution in [-0.4, -0.2) is 52.6 Å². The summed E-state index contributed by atoms with van der Waals surface area (Å²) < 4.78 is 18.2. The molecule has 11 nitrogen and oxygen atoms in total. The van der Waals surface area contributed by atoms with Gasteiger partial charge in [-0.2, -0.15) is 5.26 Å². The lowest BCUT2D eigenvalue weighted by atomic mass is 9.81. The lowest BCUT2D eigenvalue weighted by Crippen LogP contribution is -2.65. The summed E-state index contributed by atoms with van der Waals surface area (Å²) in [6.07, 6.45) is -0.0233. The highest BCUT2D eigenvalue weighted by Gasteiger charge is 2.54. The maximum absolute atomic E-state index is 11.6. The van der Waals surface area contributed by atoms with Crippen LogP contribution >= 0.6 is 0 Å². The van der Waals surface area contributed by atoms with Crippen LogP contribution in [0.1, 0.15) is 37.9 Å². The van der Waals surface area contributed by atoms with Gasteiger partial charge >= 0.3 is 0 Å². The number of nitrogens with zero attached hydrogens (tertiary/aromatic N) is 3. The number of hydrogen-bond donors (Lipinski definition) is 3. The van der Waals surface area contributed by atoms with Gasteiger partial charge in [0.2, 0.25) is 5.96 Å². The predicted molar refractivity (Wildman–Crippen MR) is 130 cm³/mol. The summed E-state index contributed by atoms with van der Waals surface area (Å²) in [4.78, 5) is 15.4. The SMILES string of the molecule is CC1(C)COC(C2(C)Oc3ccc([N+](=O)[O-])cc3C(NC(=NCc3ccccc3)NC#N)C2O)CO1. The van der Waals surface area contributed by atoms with E-state index in [9.17, 15) is 20.5 Å². The molecular formula is C25H29N5O6. The predicted octanol–water partition coefficient (Wildman–Crippen LogP) is 2.56. The Kier molecular flexibility index (Phi) is 7.12. The van der Waals surface area contributed by atoms with Crippen LogP contribution in [0.4, 0.5) is 5.69 Å². The van der Waals surface area contributed by atoms with Gasteiger partial charge in [0.1, 0.15) is 18.0 Å². The van der Waals surface area contributed by atoms with E-state index in [-0.39, 0.29) is 24.8 Å². The number of nitro benzene ring substituents is 1. The van der Waals surface area contributed by atoms with E-state index in [1.54, 1.807) is 6.92 Å². The minimum absolute atomic E-state index is 0.106. The van der Waals surface area contributed by atoms with Crippen molar-refractivity contribution >= 4 is 11.6 Å². The number of aliphatic hydroxyl groups excluding tert-OH is 1. The van der Waals surface area contributed by atoms with E-state index in [2.05, 4.69) is 15.6 Å². The van der Waals surface area contributed by atoms with Gasteiger partial charge in [0, 0.05) is 17.7 Å². The van der Waals surface area contributed by atoms with Crippen LogP contribution < -0.4 is 15.4 Å². The molecule has 0 saturated carbocycles. The molecule has 0 radical (unpaired) electrons. The third kappa shape index (κ3) is 5.26. The van der Waals surface area contributed by atoms with E-state index in [0.717, 1.165) is 5.56 Å². The van der Waals surface area contributed by atoms with Crippen molar-refractivity contribution in [3.05, 3.63) is 69.8 Å². The Bertz CT molecular complexity index is 1170. The Labute approximate surface area is 208 Å². The molecule has 190 valence electrons. The van der Waals surface area contributed by atoms with Gasteiger partial charge in [-0.05, 0) is 32.4 Å². The van der Waals surface area contributed by atoms with Gasteiger partial charge in [0.25, 0.3) is 5.69 Å². The first kappa shape index (κ1) is 25.4. The first-order valence-corrected chi connectivity index (χ1v) is 11.5. The molecule has 0 aliphatic carbocycles. The Morgan fingerprint density at radius 2 is 2.03 bits per heavy atom. The second kappa shape index (κ2) is 10.1. The number of nitriles is 1. The molecule has 2 aliphatic rings. The third-order valence-electron chi connectivity index (χ3n) is 6.40. The largest absolute Gasteiger partial charge is 0.482 e. The Balaban J connectivity index is 1.69. The summed E-state index contributed by atoms with van der Waals surface area (Å²) in [6.45, 7) is 6.28. The number of non-ortho nitro benzene ring substituents is 1. The van der Waals surface area contributed by atoms with Crippen LogP contribution in [0.25, 0.3) is 0 Å². The highest BCUT2D eigenvalue weighted by Crippen LogP contribution is 2.44. The molecule has 11 heteroatoms. The second-order valence-electron chi connectivity index (χ2n) is 9.59. The quantitative estimate of drug-likeness (QED) is 0.142. The van der Waals surface area contributed by atoms with Crippen LogP contribution in [0.3, 0.4) is 0 Å². The third-order valence-corrected chi connectivity index (χ3v) is 6.40. The summed E-state index contributed by atoms with van der Waals surface area (Å²) in [6, 6.07) is 12.7. The molecule has 2 aromatic carbocycles. The molecule has 0 amide bonds. The number of rotatable bonds is 5. The Morgan fingerprint density at radius 3 is 2.67 bits per heavy atom. The summed E-state index contributed by atoms with van der Waals surface area (Å²) in [5.74, 6) is 0.452. The van der Waals surface area contributed by atoms with Crippen molar-refractivity contribution in [2.75, 3.05) is 13.2 Å². The zero-order chi connectivity index (χ0) is 25.9. The van der Waals surface area contributed by atoms with E-state index in [0.29, 0.717) is 17.9 Å². The lowest BCUT2D eigenvalue weighted by molar-refractivity contribution is -0.385. The number of guanidine groups is 1. The molecule has 3 N–H and O–H groups in total. The zero-order valence-corrected chi connectivity index (χ0v) is 20.3. The number of aliphatic hydroxyl groups is 1. The molecule has 36 heavy (non-hydrogen) atoms.